The van der Waals surface area contributed by atoms with Gasteiger partial charge >= 0.3 is 5.97 Å². The van der Waals surface area contributed by atoms with Gasteiger partial charge in [-0.15, -0.1) is 0 Å². The summed E-state index contributed by atoms with van der Waals surface area (Å²) in [5, 5.41) is 0. The number of carbonyl (C=O) groups is 1. The maximum atomic E-state index is 11.0. The number of esters is 1. The highest BCUT2D eigenvalue weighted by atomic mass is 79.9. The molecule has 1 atom stereocenters. The van der Waals surface area contributed by atoms with Crippen LogP contribution in [0.2, 0.25) is 0 Å². The number of halogens is 2. The molecule has 0 aromatic carbocycles. The number of carbonyl (C=O) groups excluding carboxylic acids is 1. The first-order chi connectivity index (χ1) is 5.15. The van der Waals surface area contributed by atoms with Gasteiger partial charge in [0.1, 0.15) is 5.76 Å². The molecule has 1 unspecified atom stereocenters. The summed E-state index contributed by atoms with van der Waals surface area (Å²) in [5.41, 5.74) is 0.649. The Balaban J connectivity index is 2.88. The Morgan fingerprint density at radius 3 is 2.64 bits per heavy atom. The first-order valence-electron chi connectivity index (χ1n) is 3.03. The third-order valence-electron chi connectivity index (χ3n) is 1.28. The highest BCUT2D eigenvalue weighted by molar-refractivity contribution is 9.11. The quantitative estimate of drug-likeness (QED) is 0.545. The molecule has 1 heterocycles. The fourth-order valence-corrected chi connectivity index (χ4v) is 1.28. The molecule has 2 nitrogen and oxygen atoms in total. The van der Waals surface area contributed by atoms with Gasteiger partial charge in [0, 0.05) is 9.81 Å². The molecule has 0 N–H and O–H groups in total. The lowest BCUT2D eigenvalue weighted by molar-refractivity contribution is -0.133. The zero-order valence-corrected chi connectivity index (χ0v) is 8.98. The molecule has 0 fully saturated rings. The van der Waals surface area contributed by atoms with Crippen molar-refractivity contribution < 1.29 is 9.53 Å². The number of alkyl halides is 1. The van der Waals surface area contributed by atoms with E-state index in [2.05, 4.69) is 31.9 Å². The third-order valence-corrected chi connectivity index (χ3v) is 2.22. The van der Waals surface area contributed by atoms with E-state index in [1.165, 1.54) is 0 Å². The fourth-order valence-electron chi connectivity index (χ4n) is 0.739. The lowest BCUT2D eigenvalue weighted by Gasteiger charge is -1.98. The van der Waals surface area contributed by atoms with E-state index >= 15 is 0 Å². The van der Waals surface area contributed by atoms with E-state index in [-0.39, 0.29) is 10.8 Å². The molecule has 0 aromatic rings. The van der Waals surface area contributed by atoms with Crippen LogP contribution in [0.5, 0.6) is 0 Å². The zero-order chi connectivity index (χ0) is 8.43. The molecular formula is C7H6Br2O2. The predicted molar refractivity (Wildman–Crippen MR) is 49.6 cm³/mol. The van der Waals surface area contributed by atoms with E-state index in [0.29, 0.717) is 11.3 Å². The standard InChI is InChI=1S/C7H6Br2O2/c1-4(9)6-2-5(3-8)11-7(6)10/h2-4H,1H3/b5-3+. The van der Waals surface area contributed by atoms with Gasteiger partial charge in [-0.1, -0.05) is 31.9 Å². The summed E-state index contributed by atoms with van der Waals surface area (Å²) in [6.07, 6.45) is 1.70. The summed E-state index contributed by atoms with van der Waals surface area (Å²) >= 11 is 6.37. The van der Waals surface area contributed by atoms with Gasteiger partial charge in [-0.25, -0.2) is 4.79 Å². The summed E-state index contributed by atoms with van der Waals surface area (Å²) in [6.45, 7) is 1.88. The second kappa shape index (κ2) is 3.54. The first-order valence-corrected chi connectivity index (χ1v) is 4.86. The molecule has 0 spiro atoms. The Labute approximate surface area is 81.6 Å². The van der Waals surface area contributed by atoms with Crippen LogP contribution >= 0.6 is 31.9 Å². The van der Waals surface area contributed by atoms with Crippen LogP contribution in [-0.4, -0.2) is 10.8 Å². The zero-order valence-electron chi connectivity index (χ0n) is 5.80. The van der Waals surface area contributed by atoms with Gasteiger partial charge < -0.3 is 4.74 Å². The average Bonchev–Trinajstić information content (AvgIpc) is 2.30. The van der Waals surface area contributed by atoms with Crippen LogP contribution < -0.4 is 0 Å². The molecule has 0 bridgehead atoms. The Kier molecular flexibility index (Phi) is 2.90. The number of rotatable bonds is 1. The number of ether oxygens (including phenoxy) is 1. The molecule has 11 heavy (non-hydrogen) atoms. The average molecular weight is 282 g/mol. The lowest BCUT2D eigenvalue weighted by atomic mass is 10.2. The van der Waals surface area contributed by atoms with Crippen LogP contribution in [0.1, 0.15) is 6.92 Å². The minimum absolute atomic E-state index is 0.0416. The van der Waals surface area contributed by atoms with Crippen molar-refractivity contribution in [2.24, 2.45) is 0 Å². The van der Waals surface area contributed by atoms with Crippen molar-refractivity contribution in [3.63, 3.8) is 0 Å². The summed E-state index contributed by atoms with van der Waals surface area (Å²) in [5.74, 6) is 0.274. The maximum absolute atomic E-state index is 11.0. The largest absolute Gasteiger partial charge is 0.423 e. The summed E-state index contributed by atoms with van der Waals surface area (Å²) < 4.78 is 4.84. The molecule has 1 rings (SSSR count). The molecule has 60 valence electrons. The topological polar surface area (TPSA) is 26.3 Å². The molecule has 0 saturated heterocycles. The first kappa shape index (κ1) is 9.00. The molecule has 0 saturated carbocycles. The van der Waals surface area contributed by atoms with Gasteiger partial charge in [-0.05, 0) is 13.0 Å². The molecule has 0 aliphatic carbocycles. The Bertz CT molecular complexity index is 241. The molecular weight excluding hydrogens is 276 g/mol. The monoisotopic (exact) mass is 280 g/mol. The van der Waals surface area contributed by atoms with Crippen molar-refractivity contribution in [3.05, 3.63) is 22.4 Å². The molecule has 1 aliphatic heterocycles. The van der Waals surface area contributed by atoms with Gasteiger partial charge in [0.15, 0.2) is 0 Å². The number of allylic oxidation sites excluding steroid dienone is 1. The smallest absolute Gasteiger partial charge is 0.340 e. The van der Waals surface area contributed by atoms with Crippen LogP contribution in [0.25, 0.3) is 0 Å². The van der Waals surface area contributed by atoms with E-state index in [0.717, 1.165) is 0 Å². The third kappa shape index (κ3) is 1.93. The summed E-state index contributed by atoms with van der Waals surface area (Å²) in [7, 11) is 0. The van der Waals surface area contributed by atoms with Crippen molar-refractivity contribution >= 4 is 37.8 Å². The van der Waals surface area contributed by atoms with Gasteiger partial charge in [-0.3, -0.25) is 0 Å². The van der Waals surface area contributed by atoms with Crippen LogP contribution in [-0.2, 0) is 9.53 Å². The maximum Gasteiger partial charge on any atom is 0.340 e. The van der Waals surface area contributed by atoms with Gasteiger partial charge in [-0.2, -0.15) is 0 Å². The minimum Gasteiger partial charge on any atom is -0.423 e. The highest BCUT2D eigenvalue weighted by Gasteiger charge is 2.23. The van der Waals surface area contributed by atoms with E-state index in [9.17, 15) is 4.79 Å². The number of hydrogen-bond acceptors (Lipinski definition) is 2. The van der Waals surface area contributed by atoms with Crippen LogP contribution in [0.3, 0.4) is 0 Å². The van der Waals surface area contributed by atoms with Crippen LogP contribution in [0.15, 0.2) is 22.4 Å². The second-order valence-corrected chi connectivity index (χ2v) is 3.95. The van der Waals surface area contributed by atoms with Crippen molar-refractivity contribution in [1.29, 1.82) is 0 Å². The Hall–Kier alpha value is -0.0900. The van der Waals surface area contributed by atoms with E-state index < -0.39 is 0 Å². The molecule has 4 heteroatoms. The van der Waals surface area contributed by atoms with Gasteiger partial charge in [0.05, 0.1) is 5.57 Å². The molecule has 0 radical (unpaired) electrons. The second-order valence-electron chi connectivity index (χ2n) is 2.12. The number of cyclic esters (lactones) is 1. The Morgan fingerprint density at radius 1 is 1.73 bits per heavy atom. The predicted octanol–water partition coefficient (Wildman–Crippen LogP) is 2.49. The normalized spacial score (nSPS) is 23.4. The summed E-state index contributed by atoms with van der Waals surface area (Å²) in [4.78, 5) is 12.6. The fraction of sp³-hybridized carbons (Fsp3) is 0.286. The van der Waals surface area contributed by atoms with Crippen LogP contribution in [0, 0.1) is 0 Å². The molecule has 0 aromatic heterocycles. The Morgan fingerprint density at radius 2 is 2.36 bits per heavy atom. The van der Waals surface area contributed by atoms with Crippen molar-refractivity contribution in [1.82, 2.24) is 0 Å². The van der Waals surface area contributed by atoms with E-state index in [1.54, 1.807) is 11.1 Å². The van der Waals surface area contributed by atoms with Gasteiger partial charge in [0.2, 0.25) is 0 Å². The lowest BCUT2D eigenvalue weighted by Crippen LogP contribution is -2.05. The van der Waals surface area contributed by atoms with Crippen molar-refractivity contribution in [3.8, 4) is 0 Å². The minimum atomic E-state index is -0.278. The summed E-state index contributed by atoms with van der Waals surface area (Å²) in [6, 6.07) is 0. The van der Waals surface area contributed by atoms with E-state index in [4.69, 9.17) is 4.74 Å². The molecule has 0 amide bonds. The van der Waals surface area contributed by atoms with Crippen molar-refractivity contribution in [2.45, 2.75) is 11.8 Å². The SMILES string of the molecule is CC(Br)C1=C/C(=C\Br)OC1=O. The van der Waals surface area contributed by atoms with Gasteiger partial charge in [0.25, 0.3) is 0 Å². The highest BCUT2D eigenvalue weighted by Crippen LogP contribution is 2.24. The van der Waals surface area contributed by atoms with Crippen LogP contribution in [0.4, 0.5) is 0 Å². The van der Waals surface area contributed by atoms with E-state index in [1.807, 2.05) is 6.92 Å². The molecule has 1 aliphatic rings. The van der Waals surface area contributed by atoms with Crippen molar-refractivity contribution in [2.75, 3.05) is 0 Å². The number of hydrogen-bond donors (Lipinski definition) is 0.